The summed E-state index contributed by atoms with van der Waals surface area (Å²) in [7, 11) is 0. The first-order chi connectivity index (χ1) is 15.0. The van der Waals surface area contributed by atoms with E-state index in [0.717, 1.165) is 10.4 Å². The minimum Gasteiger partial charge on any atom is -0.434 e. The minimum absolute atomic E-state index is 0.0537. The second-order valence-corrected chi connectivity index (χ2v) is 7.53. The fourth-order valence-corrected chi connectivity index (χ4v) is 3.42. The summed E-state index contributed by atoms with van der Waals surface area (Å²) in [4.78, 5) is 36.9. The van der Waals surface area contributed by atoms with Crippen LogP contribution < -0.4 is 15.4 Å². The molecule has 0 saturated carbocycles. The largest absolute Gasteiger partial charge is 0.513 e. The Balaban J connectivity index is 1.53. The van der Waals surface area contributed by atoms with Gasteiger partial charge in [-0.2, -0.15) is 0 Å². The summed E-state index contributed by atoms with van der Waals surface area (Å²) in [6, 6.07) is 17.3. The number of carbonyl (C=O) groups excluding carboxylic acids is 3. The fraction of sp³-hybridized carbons (Fsp3) is 0.174. The molecule has 7 nitrogen and oxygen atoms in total. The van der Waals surface area contributed by atoms with Crippen LogP contribution in [-0.4, -0.2) is 24.6 Å². The van der Waals surface area contributed by atoms with Gasteiger partial charge in [0.25, 0.3) is 5.91 Å². The topological polar surface area (TPSA) is 93.7 Å². The highest BCUT2D eigenvalue weighted by Gasteiger charge is 2.10. The lowest BCUT2D eigenvalue weighted by atomic mass is 10.1. The molecule has 0 atom stereocenters. The van der Waals surface area contributed by atoms with Crippen molar-refractivity contribution in [3.05, 3.63) is 82.0 Å². The molecule has 0 aliphatic rings. The van der Waals surface area contributed by atoms with Crippen LogP contribution in [-0.2, 0) is 22.5 Å². The highest BCUT2D eigenvalue weighted by Crippen LogP contribution is 2.16. The van der Waals surface area contributed by atoms with Crippen molar-refractivity contribution in [2.45, 2.75) is 19.9 Å². The first kappa shape index (κ1) is 22.0. The van der Waals surface area contributed by atoms with E-state index in [1.807, 2.05) is 35.7 Å². The number of carbonyl (C=O) groups is 3. The van der Waals surface area contributed by atoms with Gasteiger partial charge in [0.05, 0.1) is 13.0 Å². The molecule has 3 rings (SSSR count). The third-order valence-corrected chi connectivity index (χ3v) is 5.05. The Kier molecular flexibility index (Phi) is 7.78. The normalized spacial score (nSPS) is 10.2. The van der Waals surface area contributed by atoms with E-state index in [0.29, 0.717) is 24.2 Å². The van der Waals surface area contributed by atoms with E-state index in [1.54, 1.807) is 36.5 Å². The molecule has 0 aliphatic carbocycles. The number of hydrogen-bond acceptors (Lipinski definition) is 6. The molecule has 0 unspecified atom stereocenters. The molecule has 0 aliphatic heterocycles. The Hall–Kier alpha value is -3.65. The monoisotopic (exact) mass is 438 g/mol. The maximum atomic E-state index is 12.5. The van der Waals surface area contributed by atoms with Gasteiger partial charge in [0, 0.05) is 22.7 Å². The van der Waals surface area contributed by atoms with Crippen molar-refractivity contribution in [2.75, 3.05) is 11.9 Å². The number of hydrogen-bond donors (Lipinski definition) is 2. The number of ether oxygens (including phenoxy) is 2. The van der Waals surface area contributed by atoms with Gasteiger partial charge in [0.1, 0.15) is 5.75 Å². The third kappa shape index (κ3) is 6.97. The lowest BCUT2D eigenvalue weighted by Gasteiger charge is -2.09. The number of amides is 2. The standard InChI is InChI=1S/C23H22N2O5S/c1-2-29-23(28)30-19-10-8-17(9-11-19)22(27)25-18-6-3-5-16(13-18)15-24-21(26)14-20-7-4-12-31-20/h3-13H,2,14-15H2,1H3,(H,24,26)(H,25,27). The Labute approximate surface area is 184 Å². The van der Waals surface area contributed by atoms with Crippen LogP contribution in [0.5, 0.6) is 5.75 Å². The highest BCUT2D eigenvalue weighted by molar-refractivity contribution is 7.10. The van der Waals surface area contributed by atoms with E-state index in [-0.39, 0.29) is 24.2 Å². The smallest absolute Gasteiger partial charge is 0.434 e. The molecule has 0 spiro atoms. The molecule has 160 valence electrons. The molecule has 3 aromatic rings. The first-order valence-electron chi connectivity index (χ1n) is 9.67. The van der Waals surface area contributed by atoms with Crippen molar-refractivity contribution in [3.8, 4) is 5.75 Å². The number of nitrogens with one attached hydrogen (secondary N) is 2. The molecular formula is C23H22N2O5S. The van der Waals surface area contributed by atoms with Crippen molar-refractivity contribution in [3.63, 3.8) is 0 Å². The zero-order chi connectivity index (χ0) is 22.1. The van der Waals surface area contributed by atoms with E-state index in [1.165, 1.54) is 12.1 Å². The van der Waals surface area contributed by atoms with Gasteiger partial charge in [-0.05, 0) is 60.3 Å². The van der Waals surface area contributed by atoms with Gasteiger partial charge in [-0.15, -0.1) is 11.3 Å². The van der Waals surface area contributed by atoms with Gasteiger partial charge < -0.3 is 20.1 Å². The van der Waals surface area contributed by atoms with Crippen LogP contribution in [0.1, 0.15) is 27.7 Å². The number of thiophene rings is 1. The zero-order valence-electron chi connectivity index (χ0n) is 16.9. The predicted octanol–water partition coefficient (Wildman–Crippen LogP) is 4.39. The van der Waals surface area contributed by atoms with E-state index in [9.17, 15) is 14.4 Å². The number of anilines is 1. The zero-order valence-corrected chi connectivity index (χ0v) is 17.7. The summed E-state index contributed by atoms with van der Waals surface area (Å²) in [5, 5.41) is 7.64. The molecule has 1 heterocycles. The van der Waals surface area contributed by atoms with Crippen LogP contribution in [0.25, 0.3) is 0 Å². The average molecular weight is 439 g/mol. The lowest BCUT2D eigenvalue weighted by molar-refractivity contribution is -0.120. The van der Waals surface area contributed by atoms with Gasteiger partial charge >= 0.3 is 6.16 Å². The Morgan fingerprint density at radius 3 is 2.52 bits per heavy atom. The Morgan fingerprint density at radius 2 is 1.81 bits per heavy atom. The fourth-order valence-electron chi connectivity index (χ4n) is 2.71. The molecule has 0 radical (unpaired) electrons. The SMILES string of the molecule is CCOC(=O)Oc1ccc(C(=O)Nc2cccc(CNC(=O)Cc3cccs3)c2)cc1. The summed E-state index contributed by atoms with van der Waals surface area (Å²) in [5.74, 6) is -0.0705. The quantitative estimate of drug-likeness (QED) is 0.402. The maximum absolute atomic E-state index is 12.5. The Morgan fingerprint density at radius 1 is 1.00 bits per heavy atom. The van der Waals surface area contributed by atoms with Crippen molar-refractivity contribution in [1.82, 2.24) is 5.32 Å². The van der Waals surface area contributed by atoms with Gasteiger partial charge in [0.15, 0.2) is 0 Å². The van der Waals surface area contributed by atoms with Crippen LogP contribution in [0.4, 0.5) is 10.5 Å². The molecule has 2 aromatic carbocycles. The van der Waals surface area contributed by atoms with Crippen molar-refractivity contribution in [2.24, 2.45) is 0 Å². The molecule has 0 saturated heterocycles. The second-order valence-electron chi connectivity index (χ2n) is 6.50. The van der Waals surface area contributed by atoms with Crippen LogP contribution >= 0.6 is 11.3 Å². The van der Waals surface area contributed by atoms with Crippen LogP contribution in [0, 0.1) is 0 Å². The van der Waals surface area contributed by atoms with Crippen LogP contribution in [0.3, 0.4) is 0 Å². The molecule has 8 heteroatoms. The summed E-state index contributed by atoms with van der Waals surface area (Å²) < 4.78 is 9.68. The summed E-state index contributed by atoms with van der Waals surface area (Å²) in [6.07, 6.45) is -0.441. The molecule has 1 aromatic heterocycles. The molecule has 0 bridgehead atoms. The molecule has 2 N–H and O–H groups in total. The van der Waals surface area contributed by atoms with E-state index in [4.69, 9.17) is 9.47 Å². The highest BCUT2D eigenvalue weighted by atomic mass is 32.1. The third-order valence-electron chi connectivity index (χ3n) is 4.17. The average Bonchev–Trinajstić information content (AvgIpc) is 3.26. The lowest BCUT2D eigenvalue weighted by Crippen LogP contribution is -2.24. The van der Waals surface area contributed by atoms with Gasteiger partial charge in [-0.1, -0.05) is 18.2 Å². The van der Waals surface area contributed by atoms with Gasteiger partial charge in [0.2, 0.25) is 5.91 Å². The predicted molar refractivity (Wildman–Crippen MR) is 118 cm³/mol. The van der Waals surface area contributed by atoms with Crippen molar-refractivity contribution in [1.29, 1.82) is 0 Å². The van der Waals surface area contributed by atoms with E-state index < -0.39 is 6.16 Å². The van der Waals surface area contributed by atoms with E-state index in [2.05, 4.69) is 10.6 Å². The first-order valence-corrected chi connectivity index (χ1v) is 10.6. The van der Waals surface area contributed by atoms with Crippen molar-refractivity contribution < 1.29 is 23.9 Å². The summed E-state index contributed by atoms with van der Waals surface area (Å²) in [5.41, 5.74) is 1.89. The van der Waals surface area contributed by atoms with Gasteiger partial charge in [-0.25, -0.2) is 4.79 Å². The van der Waals surface area contributed by atoms with Crippen LogP contribution in [0.2, 0.25) is 0 Å². The van der Waals surface area contributed by atoms with Gasteiger partial charge in [-0.3, -0.25) is 9.59 Å². The Bertz CT molecular complexity index is 1030. The molecular weight excluding hydrogens is 416 g/mol. The number of rotatable bonds is 8. The second kappa shape index (κ2) is 10.9. The summed E-state index contributed by atoms with van der Waals surface area (Å²) in [6.45, 7) is 2.27. The summed E-state index contributed by atoms with van der Waals surface area (Å²) >= 11 is 1.55. The molecule has 2 amide bonds. The molecule has 0 fully saturated rings. The maximum Gasteiger partial charge on any atom is 0.513 e. The number of benzene rings is 2. The van der Waals surface area contributed by atoms with Crippen LogP contribution in [0.15, 0.2) is 66.0 Å². The van der Waals surface area contributed by atoms with Crippen molar-refractivity contribution >= 4 is 35.0 Å². The molecule has 31 heavy (non-hydrogen) atoms. The van der Waals surface area contributed by atoms with E-state index >= 15 is 0 Å². The minimum atomic E-state index is -0.793.